The zero-order valence-corrected chi connectivity index (χ0v) is 4.79. The van der Waals surface area contributed by atoms with Crippen LogP contribution < -0.4 is 0 Å². The molecule has 0 radical (unpaired) electrons. The van der Waals surface area contributed by atoms with Crippen LogP contribution in [0.3, 0.4) is 0 Å². The Labute approximate surface area is 53.9 Å². The number of nitrogens with zero attached hydrogens (tertiary/aromatic N) is 1. The highest BCUT2D eigenvalue weighted by molar-refractivity contribution is 6.02. The summed E-state index contributed by atoms with van der Waals surface area (Å²) in [7, 11) is 0. The lowest BCUT2D eigenvalue weighted by molar-refractivity contribution is 0.104. The Morgan fingerprint density at radius 2 is 2.78 bits per heavy atom. The highest BCUT2D eigenvalue weighted by Gasteiger charge is 1.98. The molecule has 1 heterocycles. The molecule has 0 aliphatic carbocycles. The Balaban J connectivity index is 0.000000810. The number of allylic oxidation sites excluding steroid dienone is 1. The molecule has 0 atom stereocenters. The second-order valence-electron chi connectivity index (χ2n) is 1.53. The van der Waals surface area contributed by atoms with Crippen molar-refractivity contribution >= 4 is 5.78 Å². The summed E-state index contributed by atoms with van der Waals surface area (Å²) in [6, 6.07) is 0. The van der Waals surface area contributed by atoms with Crippen LogP contribution in [0.4, 0.5) is 0 Å². The predicted octanol–water partition coefficient (Wildman–Crippen LogP) is 1.02. The molecule has 48 valence electrons. The first-order valence-electron chi connectivity index (χ1n) is 2.49. The Bertz CT molecular complexity index is 218. The number of carbonyl (C=O) groups is 1. The summed E-state index contributed by atoms with van der Waals surface area (Å²) in [4.78, 5) is 17.0. The average molecular weight is 124 g/mol. The van der Waals surface area contributed by atoms with Crippen LogP contribution in [0.5, 0.6) is 0 Å². The number of aromatic nitrogens is 2. The quantitative estimate of drug-likeness (QED) is 0.472. The van der Waals surface area contributed by atoms with Crippen LogP contribution in [0.25, 0.3) is 0 Å². The van der Waals surface area contributed by atoms with Gasteiger partial charge in [0, 0.05) is 1.43 Å². The lowest BCUT2D eigenvalue weighted by Crippen LogP contribution is -1.91. The van der Waals surface area contributed by atoms with Crippen LogP contribution in [-0.4, -0.2) is 15.8 Å². The van der Waals surface area contributed by atoms with Crippen molar-refractivity contribution in [1.82, 2.24) is 9.97 Å². The van der Waals surface area contributed by atoms with E-state index >= 15 is 0 Å². The SMILES string of the molecule is C=CC(=O)c1cnc[nH]1.[HH]. The van der Waals surface area contributed by atoms with Gasteiger partial charge in [-0.3, -0.25) is 4.79 Å². The van der Waals surface area contributed by atoms with Gasteiger partial charge in [-0.15, -0.1) is 0 Å². The molecule has 3 heteroatoms. The van der Waals surface area contributed by atoms with Gasteiger partial charge in [0.05, 0.1) is 12.5 Å². The maximum atomic E-state index is 10.7. The highest BCUT2D eigenvalue weighted by atomic mass is 16.1. The number of H-pyrrole nitrogens is 1. The molecule has 0 aromatic carbocycles. The normalized spacial score (nSPS) is 8.89. The first-order valence-corrected chi connectivity index (χ1v) is 2.49. The fraction of sp³-hybridized carbons (Fsp3) is 0. The fourth-order valence-electron chi connectivity index (χ4n) is 0.501. The summed E-state index contributed by atoms with van der Waals surface area (Å²) in [5.74, 6) is -0.132. The molecule has 0 bridgehead atoms. The van der Waals surface area contributed by atoms with Gasteiger partial charge in [0.15, 0.2) is 0 Å². The maximum Gasteiger partial charge on any atom is 0.203 e. The summed E-state index contributed by atoms with van der Waals surface area (Å²) in [6.07, 6.45) is 4.16. The van der Waals surface area contributed by atoms with Crippen LogP contribution in [-0.2, 0) is 0 Å². The monoisotopic (exact) mass is 124 g/mol. The van der Waals surface area contributed by atoms with E-state index in [1.807, 2.05) is 0 Å². The third-order valence-corrected chi connectivity index (χ3v) is 0.949. The van der Waals surface area contributed by atoms with Crippen molar-refractivity contribution in [2.75, 3.05) is 0 Å². The molecule has 0 amide bonds. The molecule has 0 spiro atoms. The molecule has 9 heavy (non-hydrogen) atoms. The van der Waals surface area contributed by atoms with Crippen molar-refractivity contribution < 1.29 is 6.22 Å². The van der Waals surface area contributed by atoms with Gasteiger partial charge in [-0.1, -0.05) is 6.58 Å². The van der Waals surface area contributed by atoms with E-state index in [2.05, 4.69) is 16.5 Å². The van der Waals surface area contributed by atoms with E-state index < -0.39 is 0 Å². The van der Waals surface area contributed by atoms with Gasteiger partial charge in [0.25, 0.3) is 0 Å². The molecule has 1 aromatic rings. The number of hydrogen-bond donors (Lipinski definition) is 1. The van der Waals surface area contributed by atoms with Crippen molar-refractivity contribution in [2.24, 2.45) is 0 Å². The zero-order valence-electron chi connectivity index (χ0n) is 4.79. The van der Waals surface area contributed by atoms with E-state index in [0.717, 1.165) is 0 Å². The lowest BCUT2D eigenvalue weighted by Gasteiger charge is -1.82. The third kappa shape index (κ3) is 1.05. The third-order valence-electron chi connectivity index (χ3n) is 0.949. The summed E-state index contributed by atoms with van der Waals surface area (Å²) in [5, 5.41) is 0. The Morgan fingerprint density at radius 3 is 3.22 bits per heavy atom. The number of imidazole rings is 1. The second kappa shape index (κ2) is 2.26. The molecule has 3 nitrogen and oxygen atoms in total. The van der Waals surface area contributed by atoms with Crippen LogP contribution in [0.1, 0.15) is 11.9 Å². The van der Waals surface area contributed by atoms with Gasteiger partial charge in [-0.2, -0.15) is 0 Å². The fourth-order valence-corrected chi connectivity index (χ4v) is 0.501. The Kier molecular flexibility index (Phi) is 1.44. The van der Waals surface area contributed by atoms with Gasteiger partial charge in [-0.25, -0.2) is 4.98 Å². The molecule has 0 saturated heterocycles. The van der Waals surface area contributed by atoms with Crippen molar-refractivity contribution in [3.05, 3.63) is 30.9 Å². The van der Waals surface area contributed by atoms with E-state index in [1.54, 1.807) is 0 Å². The van der Waals surface area contributed by atoms with Gasteiger partial charge < -0.3 is 4.98 Å². The van der Waals surface area contributed by atoms with Crippen molar-refractivity contribution in [3.63, 3.8) is 0 Å². The molecule has 1 rings (SSSR count). The topological polar surface area (TPSA) is 45.8 Å². The number of ketones is 1. The van der Waals surface area contributed by atoms with E-state index in [-0.39, 0.29) is 7.21 Å². The Hall–Kier alpha value is -1.38. The lowest BCUT2D eigenvalue weighted by atomic mass is 10.3. The number of rotatable bonds is 2. The first-order chi connectivity index (χ1) is 4.34. The molecule has 1 N–H and O–H groups in total. The van der Waals surface area contributed by atoms with E-state index in [1.165, 1.54) is 18.6 Å². The largest absolute Gasteiger partial charge is 0.342 e. The average Bonchev–Trinajstić information content (AvgIpc) is 2.37. The van der Waals surface area contributed by atoms with Gasteiger partial charge in [0.2, 0.25) is 5.78 Å². The molecule has 0 aliphatic rings. The minimum Gasteiger partial charge on any atom is -0.342 e. The maximum absolute atomic E-state index is 10.7. The van der Waals surface area contributed by atoms with Gasteiger partial charge in [0.1, 0.15) is 5.69 Å². The zero-order chi connectivity index (χ0) is 6.69. The van der Waals surface area contributed by atoms with Crippen LogP contribution in [0.2, 0.25) is 0 Å². The summed E-state index contributed by atoms with van der Waals surface area (Å²) in [6.45, 7) is 3.32. The summed E-state index contributed by atoms with van der Waals surface area (Å²) < 4.78 is 0. The van der Waals surface area contributed by atoms with Crippen LogP contribution in [0, 0.1) is 0 Å². The summed E-state index contributed by atoms with van der Waals surface area (Å²) >= 11 is 0. The number of hydrogen-bond acceptors (Lipinski definition) is 2. The Morgan fingerprint density at radius 1 is 2.00 bits per heavy atom. The molecular weight excluding hydrogens is 116 g/mol. The van der Waals surface area contributed by atoms with E-state index in [4.69, 9.17) is 0 Å². The smallest absolute Gasteiger partial charge is 0.203 e. The van der Waals surface area contributed by atoms with Crippen LogP contribution >= 0.6 is 0 Å². The van der Waals surface area contributed by atoms with Crippen LogP contribution in [0.15, 0.2) is 25.2 Å². The van der Waals surface area contributed by atoms with Crippen molar-refractivity contribution in [3.8, 4) is 0 Å². The van der Waals surface area contributed by atoms with E-state index in [0.29, 0.717) is 5.69 Å². The standard InChI is InChI=1S/C6H6N2O.H2/c1-2-6(9)5-3-7-4-8-5;/h2-4H,1H2,(H,7,8);1H. The minimum atomic E-state index is -0.132. The molecule has 0 unspecified atom stereocenters. The number of aromatic amines is 1. The molecule has 0 aliphatic heterocycles. The first kappa shape index (κ1) is 5.75. The molecular formula is C6H8N2O. The summed E-state index contributed by atoms with van der Waals surface area (Å²) in [5.41, 5.74) is 0.477. The highest BCUT2D eigenvalue weighted by Crippen LogP contribution is 1.91. The van der Waals surface area contributed by atoms with Gasteiger partial charge >= 0.3 is 0 Å². The number of carbonyl (C=O) groups excluding carboxylic acids is 1. The van der Waals surface area contributed by atoms with E-state index in [9.17, 15) is 4.79 Å². The van der Waals surface area contributed by atoms with Crippen molar-refractivity contribution in [2.45, 2.75) is 0 Å². The molecule has 1 aromatic heterocycles. The minimum absolute atomic E-state index is 0. The predicted molar refractivity (Wildman–Crippen MR) is 35.2 cm³/mol. The van der Waals surface area contributed by atoms with Crippen molar-refractivity contribution in [1.29, 1.82) is 0 Å². The molecule has 0 saturated carbocycles. The number of nitrogens with one attached hydrogen (secondary N) is 1. The van der Waals surface area contributed by atoms with Gasteiger partial charge in [-0.05, 0) is 6.08 Å². The second-order valence-corrected chi connectivity index (χ2v) is 1.53. The molecule has 0 fully saturated rings.